The summed E-state index contributed by atoms with van der Waals surface area (Å²) < 4.78 is 52.6. The molecule has 0 aliphatic heterocycles. The van der Waals surface area contributed by atoms with Crippen molar-refractivity contribution in [3.05, 3.63) is 0 Å². The fourth-order valence-corrected chi connectivity index (χ4v) is 2.98. The van der Waals surface area contributed by atoms with Gasteiger partial charge in [0.1, 0.15) is 0 Å². The Morgan fingerprint density at radius 2 is 1.12 bits per heavy atom. The molecule has 0 unspecified atom stereocenters. The fraction of sp³-hybridized carbons (Fsp3) is 1.00. The van der Waals surface area contributed by atoms with Crippen molar-refractivity contribution in [1.29, 1.82) is 0 Å². The van der Waals surface area contributed by atoms with Gasteiger partial charge < -0.3 is 0 Å². The molecule has 0 spiro atoms. The maximum Gasteiger partial charge on any atom is 0.280 e. The van der Waals surface area contributed by atoms with Crippen molar-refractivity contribution in [2.24, 2.45) is 0 Å². The summed E-state index contributed by atoms with van der Waals surface area (Å²) in [5.74, 6) is 0. The topological polar surface area (TPSA) is 98.8 Å². The molecule has 0 fully saturated rings. The molecule has 104 valence electrons. The van der Waals surface area contributed by atoms with E-state index in [-0.39, 0.29) is 19.8 Å². The number of hydrogen-bond acceptors (Lipinski definition) is 4. The molecule has 0 bridgehead atoms. The summed E-state index contributed by atoms with van der Waals surface area (Å²) in [6, 6.07) is 0. The van der Waals surface area contributed by atoms with Gasteiger partial charge in [-0.25, -0.2) is 9.44 Å². The van der Waals surface area contributed by atoms with E-state index in [1.165, 1.54) is 14.1 Å². The molecular formula is C7H20N4O4S2. The Kier molecular flexibility index (Phi) is 6.51. The lowest BCUT2D eigenvalue weighted by Gasteiger charge is -2.26. The minimum Gasteiger partial charge on any atom is -0.205 e. The highest BCUT2D eigenvalue weighted by Gasteiger charge is 2.26. The second kappa shape index (κ2) is 6.61. The molecule has 0 aliphatic carbocycles. The Morgan fingerprint density at radius 1 is 0.824 bits per heavy atom. The van der Waals surface area contributed by atoms with Gasteiger partial charge in [0, 0.05) is 27.2 Å². The van der Waals surface area contributed by atoms with Crippen molar-refractivity contribution in [2.75, 3.05) is 33.9 Å². The molecular weight excluding hydrogens is 268 g/mol. The van der Waals surface area contributed by atoms with E-state index in [2.05, 4.69) is 9.44 Å². The molecule has 0 heterocycles. The third kappa shape index (κ3) is 4.48. The Labute approximate surface area is 103 Å². The van der Waals surface area contributed by atoms with Gasteiger partial charge in [0.05, 0.1) is 6.67 Å². The zero-order chi connectivity index (χ0) is 13.7. The number of hydrogen-bond donors (Lipinski definition) is 2. The van der Waals surface area contributed by atoms with Gasteiger partial charge in [0.2, 0.25) is 0 Å². The van der Waals surface area contributed by atoms with E-state index < -0.39 is 20.4 Å². The van der Waals surface area contributed by atoms with Crippen LogP contribution < -0.4 is 9.44 Å². The zero-order valence-corrected chi connectivity index (χ0v) is 12.1. The standard InChI is InChI=1S/C7H20N4O4S2/c1-5-10(16(12,13)8-3)7-11(6-2)17(14,15)9-4/h8-9H,5-7H2,1-4H3. The van der Waals surface area contributed by atoms with Crippen LogP contribution in [0, 0.1) is 0 Å². The highest BCUT2D eigenvalue weighted by Crippen LogP contribution is 2.03. The summed E-state index contributed by atoms with van der Waals surface area (Å²) in [4.78, 5) is 0. The van der Waals surface area contributed by atoms with Crippen LogP contribution in [-0.2, 0) is 20.4 Å². The summed E-state index contributed by atoms with van der Waals surface area (Å²) >= 11 is 0. The minimum absolute atomic E-state index is 0.179. The van der Waals surface area contributed by atoms with E-state index in [4.69, 9.17) is 0 Å². The molecule has 0 aromatic rings. The van der Waals surface area contributed by atoms with E-state index >= 15 is 0 Å². The molecule has 0 atom stereocenters. The van der Waals surface area contributed by atoms with Crippen LogP contribution in [0.15, 0.2) is 0 Å². The largest absolute Gasteiger partial charge is 0.280 e. The molecule has 0 aromatic heterocycles. The Bertz CT molecular complexity index is 379. The Balaban J connectivity index is 5.02. The monoisotopic (exact) mass is 288 g/mol. The maximum atomic E-state index is 11.6. The summed E-state index contributed by atoms with van der Waals surface area (Å²) in [6.45, 7) is 3.40. The second-order valence-corrected chi connectivity index (χ2v) is 6.85. The molecule has 0 radical (unpaired) electrons. The van der Waals surface area contributed by atoms with Gasteiger partial charge in [-0.05, 0) is 0 Å². The zero-order valence-electron chi connectivity index (χ0n) is 10.5. The molecule has 0 aromatic carbocycles. The molecule has 0 aliphatic rings. The van der Waals surface area contributed by atoms with Crippen molar-refractivity contribution in [2.45, 2.75) is 13.8 Å². The lowest BCUT2D eigenvalue weighted by molar-refractivity contribution is 0.297. The third-order valence-corrected chi connectivity index (χ3v) is 5.36. The van der Waals surface area contributed by atoms with Crippen LogP contribution in [-0.4, -0.2) is 59.3 Å². The predicted molar refractivity (Wildman–Crippen MR) is 65.6 cm³/mol. The average Bonchev–Trinajstić information content (AvgIpc) is 2.29. The van der Waals surface area contributed by atoms with Gasteiger partial charge in [-0.1, -0.05) is 13.8 Å². The normalized spacial score (nSPS) is 13.5. The fourth-order valence-electron chi connectivity index (χ4n) is 1.13. The molecule has 0 rings (SSSR count). The van der Waals surface area contributed by atoms with Crippen molar-refractivity contribution >= 4 is 20.4 Å². The molecule has 10 heteroatoms. The lowest BCUT2D eigenvalue weighted by Crippen LogP contribution is -2.49. The first-order valence-corrected chi connectivity index (χ1v) is 8.00. The summed E-state index contributed by atoms with van der Waals surface area (Å²) in [6.07, 6.45) is 0. The van der Waals surface area contributed by atoms with Crippen molar-refractivity contribution < 1.29 is 16.8 Å². The van der Waals surface area contributed by atoms with Gasteiger partial charge in [0.25, 0.3) is 20.4 Å². The minimum atomic E-state index is -3.63. The summed E-state index contributed by atoms with van der Waals surface area (Å²) in [5, 5.41) is 0. The predicted octanol–water partition coefficient (Wildman–Crippen LogP) is -1.48. The highest BCUT2D eigenvalue weighted by atomic mass is 32.2. The molecule has 2 N–H and O–H groups in total. The van der Waals surface area contributed by atoms with Crippen LogP contribution in [0.1, 0.15) is 13.8 Å². The number of nitrogens with one attached hydrogen (secondary N) is 2. The molecule has 0 saturated heterocycles. The number of rotatable bonds is 8. The van der Waals surface area contributed by atoms with Gasteiger partial charge in [-0.3, -0.25) is 0 Å². The van der Waals surface area contributed by atoms with Gasteiger partial charge in [-0.2, -0.15) is 25.4 Å². The van der Waals surface area contributed by atoms with Crippen LogP contribution in [0.4, 0.5) is 0 Å². The average molecular weight is 288 g/mol. The van der Waals surface area contributed by atoms with E-state index in [9.17, 15) is 16.8 Å². The third-order valence-electron chi connectivity index (χ3n) is 2.22. The van der Waals surface area contributed by atoms with E-state index in [1.807, 2.05) is 0 Å². The van der Waals surface area contributed by atoms with Crippen LogP contribution in [0.3, 0.4) is 0 Å². The van der Waals surface area contributed by atoms with Gasteiger partial charge >= 0.3 is 0 Å². The van der Waals surface area contributed by atoms with Crippen LogP contribution in [0.5, 0.6) is 0 Å². The van der Waals surface area contributed by atoms with Crippen molar-refractivity contribution in [3.63, 3.8) is 0 Å². The van der Waals surface area contributed by atoms with Crippen molar-refractivity contribution in [1.82, 2.24) is 18.1 Å². The van der Waals surface area contributed by atoms with E-state index in [0.29, 0.717) is 0 Å². The van der Waals surface area contributed by atoms with Crippen LogP contribution >= 0.6 is 0 Å². The SMILES string of the molecule is CCN(CN(CC)S(=O)(=O)NC)S(=O)(=O)NC. The highest BCUT2D eigenvalue weighted by molar-refractivity contribution is 7.87. The smallest absolute Gasteiger partial charge is 0.205 e. The Hall–Kier alpha value is -0.260. The summed E-state index contributed by atoms with van der Waals surface area (Å²) in [5.41, 5.74) is 0. The first-order chi connectivity index (χ1) is 7.75. The molecule has 0 amide bonds. The first-order valence-electron chi connectivity index (χ1n) is 5.12. The van der Waals surface area contributed by atoms with Gasteiger partial charge in [-0.15, -0.1) is 0 Å². The van der Waals surface area contributed by atoms with Crippen LogP contribution in [0.25, 0.3) is 0 Å². The van der Waals surface area contributed by atoms with E-state index in [1.54, 1.807) is 13.8 Å². The quantitative estimate of drug-likeness (QED) is 0.532. The van der Waals surface area contributed by atoms with Crippen molar-refractivity contribution in [3.8, 4) is 0 Å². The van der Waals surface area contributed by atoms with Crippen LogP contribution in [0.2, 0.25) is 0 Å². The first kappa shape index (κ1) is 16.7. The molecule has 0 saturated carbocycles. The Morgan fingerprint density at radius 3 is 1.29 bits per heavy atom. The molecule has 8 nitrogen and oxygen atoms in total. The lowest BCUT2D eigenvalue weighted by atomic mass is 10.7. The maximum absolute atomic E-state index is 11.6. The van der Waals surface area contributed by atoms with Gasteiger partial charge in [0.15, 0.2) is 0 Å². The number of nitrogens with zero attached hydrogens (tertiary/aromatic N) is 2. The molecule has 17 heavy (non-hydrogen) atoms. The second-order valence-electron chi connectivity index (χ2n) is 3.10. The van der Waals surface area contributed by atoms with E-state index in [0.717, 1.165) is 8.61 Å². The summed E-state index contributed by atoms with van der Waals surface area (Å²) in [7, 11) is -4.71.